The predicted molar refractivity (Wildman–Crippen MR) is 73.9 cm³/mol. The predicted octanol–water partition coefficient (Wildman–Crippen LogP) is 3.40. The molecule has 0 fully saturated rings. The van der Waals surface area contributed by atoms with Crippen molar-refractivity contribution in [2.75, 3.05) is 7.11 Å². The summed E-state index contributed by atoms with van der Waals surface area (Å²) in [7, 11) is 1.65. The van der Waals surface area contributed by atoms with E-state index in [0.717, 1.165) is 28.9 Å². The molecule has 0 amide bonds. The van der Waals surface area contributed by atoms with Crippen molar-refractivity contribution < 1.29 is 14.3 Å². The fourth-order valence-corrected chi connectivity index (χ4v) is 1.82. The number of carbonyl (C=O) groups is 1. The second-order valence-corrected chi connectivity index (χ2v) is 4.29. The van der Waals surface area contributed by atoms with Gasteiger partial charge in [-0.3, -0.25) is 4.79 Å². The lowest BCUT2D eigenvalue weighted by Crippen LogP contribution is -1.99. The number of carbonyl (C=O) groups excluding carboxylic acids is 1. The normalized spacial score (nSPS) is 10.0. The van der Waals surface area contributed by atoms with Crippen LogP contribution in [0.4, 0.5) is 0 Å². The van der Waals surface area contributed by atoms with Gasteiger partial charge in [0.1, 0.15) is 24.4 Å². The maximum atomic E-state index is 10.6. The monoisotopic (exact) mass is 256 g/mol. The average molecular weight is 256 g/mol. The topological polar surface area (TPSA) is 35.5 Å². The lowest BCUT2D eigenvalue weighted by Gasteiger charge is -2.11. The van der Waals surface area contributed by atoms with Crippen LogP contribution in [0, 0.1) is 6.92 Å². The van der Waals surface area contributed by atoms with E-state index < -0.39 is 0 Å². The second-order valence-electron chi connectivity index (χ2n) is 4.29. The van der Waals surface area contributed by atoms with Crippen LogP contribution in [0.25, 0.3) is 0 Å². The lowest BCUT2D eigenvalue weighted by atomic mass is 10.1. The SMILES string of the molecule is COc1ccc(C)cc1COc1ccc(C=O)cc1. The minimum Gasteiger partial charge on any atom is -0.496 e. The van der Waals surface area contributed by atoms with Gasteiger partial charge < -0.3 is 9.47 Å². The van der Waals surface area contributed by atoms with E-state index in [-0.39, 0.29) is 0 Å². The van der Waals surface area contributed by atoms with Gasteiger partial charge in [-0.1, -0.05) is 11.6 Å². The number of aldehydes is 1. The third-order valence-corrected chi connectivity index (χ3v) is 2.85. The van der Waals surface area contributed by atoms with Crippen LogP contribution in [0.1, 0.15) is 21.5 Å². The van der Waals surface area contributed by atoms with Crippen LogP contribution < -0.4 is 9.47 Å². The Balaban J connectivity index is 2.09. The molecule has 0 spiro atoms. The van der Waals surface area contributed by atoms with Crippen LogP contribution in [-0.4, -0.2) is 13.4 Å². The van der Waals surface area contributed by atoms with Crippen molar-refractivity contribution in [3.63, 3.8) is 0 Å². The maximum absolute atomic E-state index is 10.6. The number of hydrogen-bond donors (Lipinski definition) is 0. The Morgan fingerprint density at radius 2 is 1.84 bits per heavy atom. The summed E-state index contributed by atoms with van der Waals surface area (Å²) in [6.45, 7) is 2.47. The van der Waals surface area contributed by atoms with Gasteiger partial charge in [-0.2, -0.15) is 0 Å². The highest BCUT2D eigenvalue weighted by molar-refractivity contribution is 5.74. The Labute approximate surface area is 112 Å². The molecule has 0 unspecified atom stereocenters. The zero-order chi connectivity index (χ0) is 13.7. The van der Waals surface area contributed by atoms with E-state index in [9.17, 15) is 4.79 Å². The van der Waals surface area contributed by atoms with Crippen LogP contribution >= 0.6 is 0 Å². The fraction of sp³-hybridized carbons (Fsp3) is 0.188. The highest BCUT2D eigenvalue weighted by atomic mass is 16.5. The molecule has 3 heteroatoms. The number of ether oxygens (including phenoxy) is 2. The number of benzene rings is 2. The van der Waals surface area contributed by atoms with E-state index in [1.807, 2.05) is 25.1 Å². The van der Waals surface area contributed by atoms with Crippen LogP contribution in [0.2, 0.25) is 0 Å². The smallest absolute Gasteiger partial charge is 0.150 e. The summed E-state index contributed by atoms with van der Waals surface area (Å²) < 4.78 is 11.0. The molecule has 0 atom stereocenters. The largest absolute Gasteiger partial charge is 0.496 e. The molecule has 0 aliphatic rings. The van der Waals surface area contributed by atoms with E-state index in [0.29, 0.717) is 12.2 Å². The first-order valence-corrected chi connectivity index (χ1v) is 6.04. The van der Waals surface area contributed by atoms with E-state index >= 15 is 0 Å². The molecule has 2 rings (SSSR count). The van der Waals surface area contributed by atoms with Gasteiger partial charge in [-0.05, 0) is 43.3 Å². The van der Waals surface area contributed by atoms with Gasteiger partial charge in [0.2, 0.25) is 0 Å². The van der Waals surface area contributed by atoms with Crippen molar-refractivity contribution in [3.05, 3.63) is 59.2 Å². The first kappa shape index (κ1) is 13.1. The van der Waals surface area contributed by atoms with Gasteiger partial charge in [0.05, 0.1) is 7.11 Å². The van der Waals surface area contributed by atoms with Crippen molar-refractivity contribution in [3.8, 4) is 11.5 Å². The summed E-state index contributed by atoms with van der Waals surface area (Å²) in [4.78, 5) is 10.6. The number of hydrogen-bond acceptors (Lipinski definition) is 3. The number of aryl methyl sites for hydroxylation is 1. The van der Waals surface area contributed by atoms with Crippen LogP contribution in [0.5, 0.6) is 11.5 Å². The molecule has 0 heterocycles. The van der Waals surface area contributed by atoms with Gasteiger partial charge in [-0.25, -0.2) is 0 Å². The van der Waals surface area contributed by atoms with Gasteiger partial charge in [0.25, 0.3) is 0 Å². The summed E-state index contributed by atoms with van der Waals surface area (Å²) in [5, 5.41) is 0. The van der Waals surface area contributed by atoms with E-state index in [2.05, 4.69) is 0 Å². The van der Waals surface area contributed by atoms with Gasteiger partial charge >= 0.3 is 0 Å². The molecular formula is C16H16O3. The molecule has 0 saturated heterocycles. The maximum Gasteiger partial charge on any atom is 0.150 e. The van der Waals surface area contributed by atoms with Crippen molar-refractivity contribution >= 4 is 6.29 Å². The average Bonchev–Trinajstić information content (AvgIpc) is 2.46. The third-order valence-electron chi connectivity index (χ3n) is 2.85. The zero-order valence-corrected chi connectivity index (χ0v) is 11.1. The number of methoxy groups -OCH3 is 1. The lowest BCUT2D eigenvalue weighted by molar-refractivity contribution is 0.112. The second kappa shape index (κ2) is 6.05. The van der Waals surface area contributed by atoms with E-state index in [1.54, 1.807) is 31.4 Å². The molecule has 19 heavy (non-hydrogen) atoms. The van der Waals surface area contributed by atoms with Gasteiger partial charge in [-0.15, -0.1) is 0 Å². The van der Waals surface area contributed by atoms with Crippen LogP contribution in [0.15, 0.2) is 42.5 Å². The molecule has 2 aromatic rings. The summed E-state index contributed by atoms with van der Waals surface area (Å²) in [6.07, 6.45) is 0.813. The Kier molecular flexibility index (Phi) is 4.18. The molecule has 0 aliphatic carbocycles. The Bertz CT molecular complexity index is 559. The standard InChI is InChI=1S/C16H16O3/c1-12-3-8-16(18-2)14(9-12)11-19-15-6-4-13(10-17)5-7-15/h3-10H,11H2,1-2H3. The summed E-state index contributed by atoms with van der Waals surface area (Å²) in [5.41, 5.74) is 2.80. The molecule has 0 saturated carbocycles. The molecule has 0 radical (unpaired) electrons. The molecule has 2 aromatic carbocycles. The first-order chi connectivity index (χ1) is 9.22. The van der Waals surface area contributed by atoms with Gasteiger partial charge in [0.15, 0.2) is 0 Å². The Hall–Kier alpha value is -2.29. The molecule has 0 aromatic heterocycles. The minimum absolute atomic E-state index is 0.436. The number of rotatable bonds is 5. The van der Waals surface area contributed by atoms with Crippen molar-refractivity contribution in [2.24, 2.45) is 0 Å². The van der Waals surface area contributed by atoms with Crippen LogP contribution in [-0.2, 0) is 6.61 Å². The molecule has 3 nitrogen and oxygen atoms in total. The van der Waals surface area contributed by atoms with E-state index in [4.69, 9.17) is 9.47 Å². The van der Waals surface area contributed by atoms with E-state index in [1.165, 1.54) is 0 Å². The quantitative estimate of drug-likeness (QED) is 0.769. The fourth-order valence-electron chi connectivity index (χ4n) is 1.82. The van der Waals surface area contributed by atoms with Crippen molar-refractivity contribution in [1.82, 2.24) is 0 Å². The first-order valence-electron chi connectivity index (χ1n) is 6.04. The molecule has 0 bridgehead atoms. The van der Waals surface area contributed by atoms with Crippen molar-refractivity contribution in [2.45, 2.75) is 13.5 Å². The highest BCUT2D eigenvalue weighted by Gasteiger charge is 2.04. The summed E-state index contributed by atoms with van der Waals surface area (Å²) >= 11 is 0. The Morgan fingerprint density at radius 1 is 1.11 bits per heavy atom. The van der Waals surface area contributed by atoms with Crippen molar-refractivity contribution in [1.29, 1.82) is 0 Å². The van der Waals surface area contributed by atoms with Gasteiger partial charge in [0, 0.05) is 11.1 Å². The zero-order valence-electron chi connectivity index (χ0n) is 11.1. The van der Waals surface area contributed by atoms with Crippen LogP contribution in [0.3, 0.4) is 0 Å². The minimum atomic E-state index is 0.436. The Morgan fingerprint density at radius 3 is 2.47 bits per heavy atom. The molecule has 98 valence electrons. The highest BCUT2D eigenvalue weighted by Crippen LogP contribution is 2.22. The third kappa shape index (κ3) is 3.35. The molecule has 0 aliphatic heterocycles. The molecular weight excluding hydrogens is 240 g/mol. The molecule has 0 N–H and O–H groups in total. The summed E-state index contributed by atoms with van der Waals surface area (Å²) in [5.74, 6) is 1.55. The summed E-state index contributed by atoms with van der Waals surface area (Å²) in [6, 6.07) is 13.0.